The molecule has 0 bridgehead atoms. The Morgan fingerprint density at radius 2 is 2.00 bits per heavy atom. The van der Waals surface area contributed by atoms with Gasteiger partial charge in [-0.05, 0) is 25.5 Å². The third kappa shape index (κ3) is 2.33. The van der Waals surface area contributed by atoms with E-state index in [2.05, 4.69) is 0 Å². The summed E-state index contributed by atoms with van der Waals surface area (Å²) in [5, 5.41) is 27.9. The van der Waals surface area contributed by atoms with Gasteiger partial charge in [0, 0.05) is 19.2 Å². The zero-order valence-corrected chi connectivity index (χ0v) is 10.5. The molecule has 6 nitrogen and oxygen atoms in total. The number of rotatable bonds is 2. The Kier molecular flexibility index (Phi) is 3.09. The number of carboxylic acids is 1. The summed E-state index contributed by atoms with van der Waals surface area (Å²) in [5.74, 6) is -1.81. The van der Waals surface area contributed by atoms with Crippen molar-refractivity contribution in [3.05, 3.63) is 23.8 Å². The average molecular weight is 265 g/mol. The Hall–Kier alpha value is -2.24. The summed E-state index contributed by atoms with van der Waals surface area (Å²) in [7, 11) is 0. The topological polar surface area (TPSA) is 98.1 Å². The van der Waals surface area contributed by atoms with Crippen molar-refractivity contribution in [1.82, 2.24) is 4.90 Å². The second kappa shape index (κ2) is 4.46. The van der Waals surface area contributed by atoms with Crippen LogP contribution in [0, 0.1) is 5.41 Å². The number of amides is 1. The van der Waals surface area contributed by atoms with Crippen LogP contribution in [0.15, 0.2) is 18.2 Å². The highest BCUT2D eigenvalue weighted by molar-refractivity contribution is 5.97. The van der Waals surface area contributed by atoms with E-state index in [1.54, 1.807) is 6.92 Å². The lowest BCUT2D eigenvalue weighted by Crippen LogP contribution is -2.34. The number of benzene rings is 1. The predicted molar refractivity (Wildman–Crippen MR) is 66.0 cm³/mol. The van der Waals surface area contributed by atoms with E-state index in [9.17, 15) is 19.8 Å². The first-order valence-electron chi connectivity index (χ1n) is 5.88. The number of phenolic OH excluding ortho intramolecular Hbond substituents is 2. The molecule has 6 heteroatoms. The molecule has 0 aliphatic carbocycles. The average Bonchev–Trinajstić information content (AvgIpc) is 2.73. The maximum atomic E-state index is 12.2. The molecule has 1 atom stereocenters. The summed E-state index contributed by atoms with van der Waals surface area (Å²) in [4.78, 5) is 24.7. The SMILES string of the molecule is CC1(C(=O)O)CCN(C(=O)c2ccc(O)cc2O)C1. The molecule has 0 spiro atoms. The zero-order chi connectivity index (χ0) is 14.2. The normalized spacial score (nSPS) is 22.5. The molecule has 1 aromatic rings. The fourth-order valence-electron chi connectivity index (χ4n) is 2.18. The van der Waals surface area contributed by atoms with Crippen LogP contribution in [-0.4, -0.2) is 45.2 Å². The molecule has 1 aliphatic heterocycles. The Morgan fingerprint density at radius 1 is 1.32 bits per heavy atom. The van der Waals surface area contributed by atoms with Gasteiger partial charge < -0.3 is 20.2 Å². The molecule has 1 aromatic carbocycles. The van der Waals surface area contributed by atoms with Crippen molar-refractivity contribution < 1.29 is 24.9 Å². The van der Waals surface area contributed by atoms with E-state index in [1.807, 2.05) is 0 Å². The number of aliphatic carboxylic acids is 1. The number of carboxylic acid groups (broad SMARTS) is 1. The minimum absolute atomic E-state index is 0.0624. The van der Waals surface area contributed by atoms with Crippen LogP contribution in [0.4, 0.5) is 0 Å². The molecule has 3 N–H and O–H groups in total. The molecule has 1 aliphatic rings. The van der Waals surface area contributed by atoms with Crippen LogP contribution >= 0.6 is 0 Å². The number of hydrogen-bond acceptors (Lipinski definition) is 4. The van der Waals surface area contributed by atoms with E-state index in [0.717, 1.165) is 6.07 Å². The van der Waals surface area contributed by atoms with Gasteiger partial charge >= 0.3 is 5.97 Å². The van der Waals surface area contributed by atoms with Crippen LogP contribution in [0.25, 0.3) is 0 Å². The van der Waals surface area contributed by atoms with E-state index >= 15 is 0 Å². The monoisotopic (exact) mass is 265 g/mol. The fourth-order valence-corrected chi connectivity index (χ4v) is 2.18. The summed E-state index contributed by atoms with van der Waals surface area (Å²) in [6.07, 6.45) is 0.382. The number of nitrogens with zero attached hydrogens (tertiary/aromatic N) is 1. The van der Waals surface area contributed by atoms with E-state index in [1.165, 1.54) is 17.0 Å². The van der Waals surface area contributed by atoms with Gasteiger partial charge in [0.15, 0.2) is 0 Å². The number of carbonyl (C=O) groups excluding carboxylic acids is 1. The van der Waals surface area contributed by atoms with Gasteiger partial charge in [0.05, 0.1) is 11.0 Å². The number of carbonyl (C=O) groups is 2. The van der Waals surface area contributed by atoms with Crippen molar-refractivity contribution in [2.75, 3.05) is 13.1 Å². The van der Waals surface area contributed by atoms with Gasteiger partial charge in [-0.25, -0.2) is 0 Å². The second-order valence-electron chi connectivity index (χ2n) is 5.04. The number of phenols is 2. The van der Waals surface area contributed by atoms with Crippen molar-refractivity contribution in [1.29, 1.82) is 0 Å². The molecule has 19 heavy (non-hydrogen) atoms. The highest BCUT2D eigenvalue weighted by atomic mass is 16.4. The maximum Gasteiger partial charge on any atom is 0.311 e. The molecular formula is C13H15NO5. The summed E-state index contributed by atoms with van der Waals surface area (Å²) in [5.41, 5.74) is -0.880. The molecule has 1 saturated heterocycles. The molecular weight excluding hydrogens is 250 g/mol. The largest absolute Gasteiger partial charge is 0.508 e. The highest BCUT2D eigenvalue weighted by Gasteiger charge is 2.42. The first-order valence-corrected chi connectivity index (χ1v) is 5.88. The van der Waals surface area contributed by atoms with Crippen LogP contribution in [0.1, 0.15) is 23.7 Å². The first-order chi connectivity index (χ1) is 8.83. The third-order valence-electron chi connectivity index (χ3n) is 3.49. The van der Waals surface area contributed by atoms with Crippen LogP contribution in [0.5, 0.6) is 11.5 Å². The van der Waals surface area contributed by atoms with E-state index in [-0.39, 0.29) is 23.6 Å². The zero-order valence-electron chi connectivity index (χ0n) is 10.5. The molecule has 1 unspecified atom stereocenters. The summed E-state index contributed by atoms with van der Waals surface area (Å²) in [6, 6.07) is 3.71. The van der Waals surface area contributed by atoms with Gasteiger partial charge in [-0.2, -0.15) is 0 Å². The van der Waals surface area contributed by atoms with Gasteiger partial charge in [-0.1, -0.05) is 0 Å². The number of hydrogen-bond donors (Lipinski definition) is 3. The Bertz CT molecular complexity index is 542. The van der Waals surface area contributed by atoms with E-state index < -0.39 is 17.3 Å². The van der Waals surface area contributed by atoms with Crippen molar-refractivity contribution in [3.8, 4) is 11.5 Å². The summed E-state index contributed by atoms with van der Waals surface area (Å²) in [6.45, 7) is 2.04. The van der Waals surface area contributed by atoms with Gasteiger partial charge in [0.25, 0.3) is 5.91 Å². The number of likely N-dealkylation sites (tertiary alicyclic amines) is 1. The predicted octanol–water partition coefficient (Wildman–Crippen LogP) is 1.03. The molecule has 1 amide bonds. The fraction of sp³-hybridized carbons (Fsp3) is 0.385. The van der Waals surface area contributed by atoms with E-state index in [4.69, 9.17) is 5.11 Å². The molecule has 102 valence electrons. The molecule has 1 fully saturated rings. The molecule has 0 radical (unpaired) electrons. The van der Waals surface area contributed by atoms with Crippen LogP contribution in [0.3, 0.4) is 0 Å². The smallest absolute Gasteiger partial charge is 0.311 e. The van der Waals surface area contributed by atoms with Gasteiger partial charge in [0.2, 0.25) is 0 Å². The van der Waals surface area contributed by atoms with Crippen LogP contribution in [0.2, 0.25) is 0 Å². The van der Waals surface area contributed by atoms with Crippen LogP contribution < -0.4 is 0 Å². The molecule has 1 heterocycles. The van der Waals surface area contributed by atoms with Crippen molar-refractivity contribution in [2.24, 2.45) is 5.41 Å². The summed E-state index contributed by atoms with van der Waals surface area (Å²) >= 11 is 0. The number of aromatic hydroxyl groups is 2. The van der Waals surface area contributed by atoms with Crippen molar-refractivity contribution in [3.63, 3.8) is 0 Å². The van der Waals surface area contributed by atoms with Gasteiger partial charge in [-0.3, -0.25) is 9.59 Å². The van der Waals surface area contributed by atoms with Crippen molar-refractivity contribution >= 4 is 11.9 Å². The molecule has 0 saturated carbocycles. The second-order valence-corrected chi connectivity index (χ2v) is 5.04. The Labute approximate surface area is 109 Å². The summed E-state index contributed by atoms with van der Waals surface area (Å²) < 4.78 is 0. The quantitative estimate of drug-likeness (QED) is 0.742. The van der Waals surface area contributed by atoms with Gasteiger partial charge in [-0.15, -0.1) is 0 Å². The lowest BCUT2D eigenvalue weighted by molar-refractivity contribution is -0.147. The lowest BCUT2D eigenvalue weighted by Gasteiger charge is -2.20. The van der Waals surface area contributed by atoms with Gasteiger partial charge in [0.1, 0.15) is 11.5 Å². The maximum absolute atomic E-state index is 12.2. The van der Waals surface area contributed by atoms with Crippen molar-refractivity contribution in [2.45, 2.75) is 13.3 Å². The minimum Gasteiger partial charge on any atom is -0.508 e. The Balaban J connectivity index is 2.20. The van der Waals surface area contributed by atoms with E-state index in [0.29, 0.717) is 13.0 Å². The molecule has 2 rings (SSSR count). The Morgan fingerprint density at radius 3 is 2.53 bits per heavy atom. The van der Waals surface area contributed by atoms with Crippen LogP contribution in [-0.2, 0) is 4.79 Å². The lowest BCUT2D eigenvalue weighted by atomic mass is 9.90. The molecule has 0 aromatic heterocycles. The standard InChI is InChI=1S/C13H15NO5/c1-13(12(18)19)4-5-14(7-13)11(17)9-3-2-8(15)6-10(9)16/h2-3,6,15-16H,4-5,7H2,1H3,(H,18,19). The minimum atomic E-state index is -0.942. The first kappa shape index (κ1) is 13.2. The third-order valence-corrected chi connectivity index (χ3v) is 3.49. The highest BCUT2D eigenvalue weighted by Crippen LogP contribution is 2.32.